The van der Waals surface area contributed by atoms with Gasteiger partial charge in [-0.15, -0.1) is 0 Å². The van der Waals surface area contributed by atoms with Gasteiger partial charge in [0.15, 0.2) is 6.10 Å². The summed E-state index contributed by atoms with van der Waals surface area (Å²) in [5.74, 6) is 2.40. The molecule has 4 saturated carbocycles. The lowest BCUT2D eigenvalue weighted by atomic mass is 9.50. The van der Waals surface area contributed by atoms with Gasteiger partial charge in [-0.05, 0) is 87.0 Å². The summed E-state index contributed by atoms with van der Waals surface area (Å²) in [5, 5.41) is 0. The van der Waals surface area contributed by atoms with Crippen molar-refractivity contribution in [3.8, 4) is 0 Å². The van der Waals surface area contributed by atoms with E-state index in [9.17, 15) is 4.79 Å². The van der Waals surface area contributed by atoms with E-state index in [1.165, 1.54) is 42.6 Å². The summed E-state index contributed by atoms with van der Waals surface area (Å²) >= 11 is 1.79. The number of carbonyl (C=O) groups is 1. The van der Waals surface area contributed by atoms with Gasteiger partial charge in [0.2, 0.25) is 5.79 Å². The summed E-state index contributed by atoms with van der Waals surface area (Å²) in [6.07, 6.45) is 11.0. The molecule has 5 heteroatoms. The highest BCUT2D eigenvalue weighted by molar-refractivity contribution is 8.03. The molecule has 1 spiro atoms. The Bertz CT molecular complexity index is 1090. The Balaban J connectivity index is 1.18. The molecule has 4 nitrogen and oxygen atoms in total. The Morgan fingerprint density at radius 3 is 2.51 bits per heavy atom. The zero-order chi connectivity index (χ0) is 23.9. The van der Waals surface area contributed by atoms with E-state index < -0.39 is 11.9 Å². The van der Waals surface area contributed by atoms with Gasteiger partial charge in [-0.2, -0.15) is 0 Å². The molecule has 0 N–H and O–H groups in total. The molecule has 186 valence electrons. The molecule has 1 saturated heterocycles. The van der Waals surface area contributed by atoms with E-state index in [1.807, 2.05) is 6.07 Å². The first-order valence-corrected chi connectivity index (χ1v) is 14.4. The summed E-state index contributed by atoms with van der Waals surface area (Å²) in [7, 11) is 0. The van der Waals surface area contributed by atoms with E-state index >= 15 is 0 Å². The zero-order valence-corrected chi connectivity index (χ0v) is 21.8. The number of hydrogen-bond acceptors (Lipinski definition) is 5. The Hall–Kier alpha value is -1.56. The average molecular weight is 493 g/mol. The Morgan fingerprint density at radius 1 is 1.09 bits per heavy atom. The second kappa shape index (κ2) is 7.97. The van der Waals surface area contributed by atoms with E-state index in [2.05, 4.69) is 51.1 Å². The Morgan fingerprint density at radius 2 is 1.80 bits per heavy atom. The third-order valence-electron chi connectivity index (χ3n) is 10.0. The van der Waals surface area contributed by atoms with Crippen molar-refractivity contribution in [1.82, 2.24) is 0 Å². The fourth-order valence-electron chi connectivity index (χ4n) is 8.12. The number of benzene rings is 1. The number of carbonyl (C=O) groups excluding carboxylic acids is 1. The molecule has 5 aliphatic carbocycles. The Kier molecular flexibility index (Phi) is 5.15. The molecule has 35 heavy (non-hydrogen) atoms. The second-order valence-electron chi connectivity index (χ2n) is 12.4. The third-order valence-corrected chi connectivity index (χ3v) is 11.2. The highest BCUT2D eigenvalue weighted by Crippen LogP contribution is 2.60. The number of fused-ring (bicyclic) bond motifs is 3. The summed E-state index contributed by atoms with van der Waals surface area (Å²) in [6, 6.07) is 8.32. The van der Waals surface area contributed by atoms with Crippen LogP contribution >= 0.6 is 11.8 Å². The number of allylic oxidation sites excluding steroid dienone is 2. The normalized spacial score (nSPS) is 43.1. The maximum atomic E-state index is 13.7. The van der Waals surface area contributed by atoms with Crippen LogP contribution in [0.1, 0.15) is 64.9 Å². The van der Waals surface area contributed by atoms with Crippen LogP contribution in [0.2, 0.25) is 0 Å². The van der Waals surface area contributed by atoms with Crippen LogP contribution in [0.4, 0.5) is 0 Å². The molecule has 4 bridgehead atoms. The maximum Gasteiger partial charge on any atom is 0.338 e. The van der Waals surface area contributed by atoms with Gasteiger partial charge in [0.1, 0.15) is 5.60 Å². The molecule has 0 amide bonds. The molecule has 5 fully saturated rings. The first-order chi connectivity index (χ1) is 16.9. The van der Waals surface area contributed by atoms with Crippen LogP contribution in [-0.4, -0.2) is 24.3 Å². The SMILES string of the molecule is CC(C)C1C=CC2=C(C1)C1(OCC(C(=O)OC3(C)C4CC5CC(C4)CC3C5)O1)c1ccccc1S2. The topological polar surface area (TPSA) is 44.8 Å². The van der Waals surface area contributed by atoms with Crippen molar-refractivity contribution in [2.24, 2.45) is 35.5 Å². The molecular formula is C30H36O4S. The van der Waals surface area contributed by atoms with Crippen molar-refractivity contribution in [1.29, 1.82) is 0 Å². The molecule has 0 aromatic heterocycles. The minimum absolute atomic E-state index is 0.235. The minimum Gasteiger partial charge on any atom is -0.457 e. The van der Waals surface area contributed by atoms with Crippen LogP contribution in [0.25, 0.3) is 0 Å². The standard InChI is InChI=1S/C30H36O4S/c1-17(2)20-8-9-27-24(15-20)30(23-6-4-5-7-26(23)35-27)32-16-25(33-30)28(31)34-29(3)21-11-18-10-19(13-21)14-22(29)12-18/h4-9,17-22,25H,10-16H2,1-3H3. The third kappa shape index (κ3) is 3.37. The molecule has 1 aromatic rings. The van der Waals surface area contributed by atoms with E-state index in [-0.39, 0.29) is 18.2 Å². The van der Waals surface area contributed by atoms with Crippen molar-refractivity contribution in [2.45, 2.75) is 81.7 Å². The molecule has 7 aliphatic rings. The van der Waals surface area contributed by atoms with Gasteiger partial charge in [-0.1, -0.05) is 56.0 Å². The zero-order valence-electron chi connectivity index (χ0n) is 21.0. The fourth-order valence-corrected chi connectivity index (χ4v) is 9.30. The highest BCUT2D eigenvalue weighted by atomic mass is 32.2. The first kappa shape index (κ1) is 22.6. The molecule has 1 aromatic carbocycles. The first-order valence-electron chi connectivity index (χ1n) is 13.6. The predicted octanol–water partition coefficient (Wildman–Crippen LogP) is 6.60. The smallest absolute Gasteiger partial charge is 0.338 e. The quantitative estimate of drug-likeness (QED) is 0.445. The van der Waals surface area contributed by atoms with Crippen LogP contribution in [0.5, 0.6) is 0 Å². The van der Waals surface area contributed by atoms with Crippen LogP contribution < -0.4 is 0 Å². The van der Waals surface area contributed by atoms with Gasteiger partial charge < -0.3 is 14.2 Å². The monoisotopic (exact) mass is 492 g/mol. The van der Waals surface area contributed by atoms with E-state index in [1.54, 1.807) is 11.8 Å². The van der Waals surface area contributed by atoms with E-state index in [0.29, 0.717) is 23.7 Å². The maximum absolute atomic E-state index is 13.7. The van der Waals surface area contributed by atoms with Crippen molar-refractivity contribution in [2.75, 3.05) is 6.61 Å². The molecule has 3 unspecified atom stereocenters. The van der Waals surface area contributed by atoms with Crippen LogP contribution in [-0.2, 0) is 24.8 Å². The van der Waals surface area contributed by atoms with Gasteiger partial charge in [0.25, 0.3) is 0 Å². The minimum atomic E-state index is -0.996. The largest absolute Gasteiger partial charge is 0.457 e. The lowest BCUT2D eigenvalue weighted by Crippen LogP contribution is -2.58. The van der Waals surface area contributed by atoms with Crippen LogP contribution in [0.3, 0.4) is 0 Å². The number of hydrogen-bond donors (Lipinski definition) is 0. The van der Waals surface area contributed by atoms with Gasteiger partial charge in [0.05, 0.1) is 6.61 Å². The summed E-state index contributed by atoms with van der Waals surface area (Å²) in [6.45, 7) is 6.97. The molecule has 2 aliphatic heterocycles. The number of rotatable bonds is 3. The molecule has 8 rings (SSSR count). The van der Waals surface area contributed by atoms with Gasteiger partial charge in [-0.3, -0.25) is 0 Å². The molecular weight excluding hydrogens is 456 g/mol. The van der Waals surface area contributed by atoms with Crippen LogP contribution in [0.15, 0.2) is 51.8 Å². The van der Waals surface area contributed by atoms with Gasteiger partial charge >= 0.3 is 5.97 Å². The highest BCUT2D eigenvalue weighted by Gasteiger charge is 2.59. The molecule has 3 atom stereocenters. The molecule has 2 heterocycles. The average Bonchev–Trinajstić information content (AvgIpc) is 3.28. The summed E-state index contributed by atoms with van der Waals surface area (Å²) < 4.78 is 19.7. The lowest BCUT2D eigenvalue weighted by molar-refractivity contribution is -0.216. The van der Waals surface area contributed by atoms with E-state index in [0.717, 1.165) is 28.7 Å². The fraction of sp³-hybridized carbons (Fsp3) is 0.633. The number of ether oxygens (including phenoxy) is 3. The number of esters is 1. The number of thioether (sulfide) groups is 1. The summed E-state index contributed by atoms with van der Waals surface area (Å²) in [4.78, 5) is 16.0. The van der Waals surface area contributed by atoms with Gasteiger partial charge in [-0.25, -0.2) is 4.79 Å². The van der Waals surface area contributed by atoms with Crippen molar-refractivity contribution >= 4 is 17.7 Å². The predicted molar refractivity (Wildman–Crippen MR) is 135 cm³/mol. The van der Waals surface area contributed by atoms with Crippen molar-refractivity contribution < 1.29 is 19.0 Å². The van der Waals surface area contributed by atoms with E-state index in [4.69, 9.17) is 14.2 Å². The second-order valence-corrected chi connectivity index (χ2v) is 13.4. The van der Waals surface area contributed by atoms with Crippen molar-refractivity contribution in [3.05, 3.63) is 52.5 Å². The van der Waals surface area contributed by atoms with Crippen LogP contribution in [0, 0.1) is 35.5 Å². The van der Waals surface area contributed by atoms with Gasteiger partial charge in [0, 0.05) is 20.9 Å². The summed E-state index contributed by atoms with van der Waals surface area (Å²) in [5.41, 5.74) is 1.83. The lowest BCUT2D eigenvalue weighted by Gasteiger charge is -2.59. The molecule has 0 radical (unpaired) electrons. The van der Waals surface area contributed by atoms with Crippen molar-refractivity contribution in [3.63, 3.8) is 0 Å². The Labute approximate surface area is 212 Å².